The van der Waals surface area contributed by atoms with Crippen LogP contribution in [0.4, 0.5) is 5.69 Å². The summed E-state index contributed by atoms with van der Waals surface area (Å²) >= 11 is 0. The average Bonchev–Trinajstić information content (AvgIpc) is 2.49. The van der Waals surface area contributed by atoms with Crippen LogP contribution in [0.25, 0.3) is 0 Å². The third kappa shape index (κ3) is 4.15. The fraction of sp³-hybridized carbons (Fsp3) is 0.308. The minimum atomic E-state index is -1.13. The van der Waals surface area contributed by atoms with E-state index >= 15 is 0 Å². The molecule has 1 aromatic carbocycles. The lowest BCUT2D eigenvalue weighted by molar-refractivity contribution is -0.137. The summed E-state index contributed by atoms with van der Waals surface area (Å²) in [6, 6.07) is 8.74. The summed E-state index contributed by atoms with van der Waals surface area (Å²) in [4.78, 5) is 11.6. The van der Waals surface area contributed by atoms with Crippen LogP contribution in [0.3, 0.4) is 0 Å². The Morgan fingerprint density at radius 1 is 1.15 bits per heavy atom. The number of benzene rings is 1. The molecule has 0 aliphatic rings. The Labute approximate surface area is 116 Å². The molecule has 108 valence electrons. The lowest BCUT2D eigenvalue weighted by Crippen LogP contribution is -2.20. The van der Waals surface area contributed by atoms with Gasteiger partial charge in [-0.05, 0) is 12.1 Å². The second kappa shape index (κ2) is 8.03. The molecule has 0 unspecified atom stereocenters. The number of nitrogens with zero attached hydrogens (tertiary/aromatic N) is 2. The number of methoxy groups -OCH3 is 3. The van der Waals surface area contributed by atoms with Crippen molar-refractivity contribution in [1.29, 1.82) is 0 Å². The first-order chi connectivity index (χ1) is 9.63. The number of azo groups is 1. The largest absolute Gasteiger partial charge is 0.505 e. The van der Waals surface area contributed by atoms with Crippen molar-refractivity contribution in [2.75, 3.05) is 21.3 Å². The number of ether oxygens (including phenoxy) is 3. The van der Waals surface area contributed by atoms with Crippen molar-refractivity contribution in [3.8, 4) is 0 Å². The minimum absolute atomic E-state index is 0.384. The SMILES string of the molecule is COC(=O)/C(N=Nc1ccccc1)=C(/O)C(OC)OC. The van der Waals surface area contributed by atoms with Gasteiger partial charge in [-0.1, -0.05) is 18.2 Å². The number of rotatable bonds is 6. The molecular formula is C13H16N2O5. The standard InChI is InChI=1S/C13H16N2O5/c1-18-12(17)10(11(16)13(19-2)20-3)15-14-9-7-5-4-6-8-9/h4-8,13,16H,1-3H3/b11-10-,15-14?. The second-order valence-electron chi connectivity index (χ2n) is 3.56. The predicted octanol–water partition coefficient (Wildman–Crippen LogP) is 2.33. The highest BCUT2D eigenvalue weighted by Gasteiger charge is 2.23. The van der Waals surface area contributed by atoms with E-state index in [-0.39, 0.29) is 5.70 Å². The number of carbonyl (C=O) groups is 1. The number of hydrogen-bond donors (Lipinski definition) is 1. The summed E-state index contributed by atoms with van der Waals surface area (Å²) in [5.74, 6) is -1.36. The summed E-state index contributed by atoms with van der Waals surface area (Å²) in [5, 5.41) is 17.5. The zero-order valence-electron chi connectivity index (χ0n) is 11.4. The summed E-state index contributed by atoms with van der Waals surface area (Å²) in [7, 11) is 3.80. The average molecular weight is 280 g/mol. The Balaban J connectivity index is 3.10. The third-order valence-electron chi connectivity index (χ3n) is 2.29. The van der Waals surface area contributed by atoms with Crippen LogP contribution < -0.4 is 0 Å². The number of hydrogen-bond acceptors (Lipinski definition) is 7. The zero-order chi connectivity index (χ0) is 15.0. The van der Waals surface area contributed by atoms with E-state index in [0.717, 1.165) is 0 Å². The van der Waals surface area contributed by atoms with Gasteiger partial charge in [-0.2, -0.15) is 5.11 Å². The van der Waals surface area contributed by atoms with E-state index < -0.39 is 18.0 Å². The molecule has 0 fully saturated rings. The Hall–Kier alpha value is -2.25. The Kier molecular flexibility index (Phi) is 6.34. The van der Waals surface area contributed by atoms with E-state index in [1.165, 1.54) is 21.3 Å². The highest BCUT2D eigenvalue weighted by Crippen LogP contribution is 2.17. The van der Waals surface area contributed by atoms with Crippen molar-refractivity contribution in [3.05, 3.63) is 41.8 Å². The van der Waals surface area contributed by atoms with Gasteiger partial charge in [0.25, 0.3) is 0 Å². The van der Waals surface area contributed by atoms with Gasteiger partial charge >= 0.3 is 5.97 Å². The topological polar surface area (TPSA) is 89.7 Å². The smallest absolute Gasteiger partial charge is 0.362 e. The maximum Gasteiger partial charge on any atom is 0.362 e. The van der Waals surface area contributed by atoms with Crippen molar-refractivity contribution >= 4 is 11.7 Å². The number of aliphatic hydroxyl groups excluding tert-OH is 1. The van der Waals surface area contributed by atoms with Gasteiger partial charge in [-0.3, -0.25) is 0 Å². The molecule has 0 radical (unpaired) electrons. The molecule has 0 spiro atoms. The van der Waals surface area contributed by atoms with E-state index in [0.29, 0.717) is 5.69 Å². The van der Waals surface area contributed by atoms with Gasteiger partial charge in [0.05, 0.1) is 12.8 Å². The first-order valence-electron chi connectivity index (χ1n) is 5.67. The summed E-state index contributed by atoms with van der Waals surface area (Å²) in [5.41, 5.74) is 0.137. The van der Waals surface area contributed by atoms with Gasteiger partial charge in [-0.15, -0.1) is 5.11 Å². The molecule has 0 aliphatic heterocycles. The molecule has 0 aromatic heterocycles. The monoisotopic (exact) mass is 280 g/mol. The van der Waals surface area contributed by atoms with Gasteiger partial charge in [0, 0.05) is 14.2 Å². The Morgan fingerprint density at radius 3 is 2.25 bits per heavy atom. The number of carbonyl (C=O) groups excluding carboxylic acids is 1. The van der Waals surface area contributed by atoms with Crippen LogP contribution in [0.2, 0.25) is 0 Å². The van der Waals surface area contributed by atoms with Crippen LogP contribution >= 0.6 is 0 Å². The van der Waals surface area contributed by atoms with Crippen LogP contribution in [0, 0.1) is 0 Å². The van der Waals surface area contributed by atoms with Crippen LogP contribution in [-0.4, -0.2) is 38.7 Å². The highest BCUT2D eigenvalue weighted by atomic mass is 16.7. The molecular weight excluding hydrogens is 264 g/mol. The van der Waals surface area contributed by atoms with Gasteiger partial charge < -0.3 is 19.3 Å². The molecule has 0 amide bonds. The molecule has 0 saturated carbocycles. The lowest BCUT2D eigenvalue weighted by Gasteiger charge is -2.13. The molecule has 1 N–H and O–H groups in total. The lowest BCUT2D eigenvalue weighted by atomic mass is 10.3. The molecule has 7 heteroatoms. The summed E-state index contributed by atoms with van der Waals surface area (Å²) < 4.78 is 14.2. The van der Waals surface area contributed by atoms with Crippen LogP contribution in [0.15, 0.2) is 52.0 Å². The normalized spacial score (nSPS) is 12.6. The van der Waals surface area contributed by atoms with Crippen LogP contribution in [0.1, 0.15) is 0 Å². The van der Waals surface area contributed by atoms with E-state index in [2.05, 4.69) is 15.0 Å². The Morgan fingerprint density at radius 2 is 1.75 bits per heavy atom. The second-order valence-corrected chi connectivity index (χ2v) is 3.56. The summed E-state index contributed by atoms with van der Waals surface area (Å²) in [6.07, 6.45) is -1.13. The molecule has 0 atom stereocenters. The van der Waals surface area contributed by atoms with Crippen molar-refractivity contribution in [2.24, 2.45) is 10.2 Å². The van der Waals surface area contributed by atoms with Crippen molar-refractivity contribution in [1.82, 2.24) is 0 Å². The number of esters is 1. The van der Waals surface area contributed by atoms with Gasteiger partial charge in [0.15, 0.2) is 5.76 Å². The maximum atomic E-state index is 11.6. The number of aliphatic hydroxyl groups is 1. The highest BCUT2D eigenvalue weighted by molar-refractivity contribution is 5.88. The third-order valence-corrected chi connectivity index (χ3v) is 2.29. The van der Waals surface area contributed by atoms with Crippen molar-refractivity contribution < 1.29 is 24.1 Å². The van der Waals surface area contributed by atoms with Crippen molar-refractivity contribution in [2.45, 2.75) is 6.29 Å². The molecule has 0 aliphatic carbocycles. The maximum absolute atomic E-state index is 11.6. The molecule has 7 nitrogen and oxygen atoms in total. The molecule has 0 saturated heterocycles. The van der Waals surface area contributed by atoms with E-state index in [1.807, 2.05) is 6.07 Å². The molecule has 0 bridgehead atoms. The van der Waals surface area contributed by atoms with Crippen molar-refractivity contribution in [3.63, 3.8) is 0 Å². The van der Waals surface area contributed by atoms with Crippen LogP contribution in [0.5, 0.6) is 0 Å². The first-order valence-corrected chi connectivity index (χ1v) is 5.67. The summed E-state index contributed by atoms with van der Waals surface area (Å²) in [6.45, 7) is 0. The molecule has 20 heavy (non-hydrogen) atoms. The van der Waals surface area contributed by atoms with Gasteiger partial charge in [0.2, 0.25) is 12.0 Å². The predicted molar refractivity (Wildman–Crippen MR) is 70.4 cm³/mol. The molecule has 1 rings (SSSR count). The molecule has 0 heterocycles. The van der Waals surface area contributed by atoms with Crippen LogP contribution in [-0.2, 0) is 19.0 Å². The van der Waals surface area contributed by atoms with E-state index in [1.54, 1.807) is 24.3 Å². The van der Waals surface area contributed by atoms with E-state index in [9.17, 15) is 9.90 Å². The fourth-order valence-electron chi connectivity index (χ4n) is 1.33. The quantitative estimate of drug-likeness (QED) is 0.284. The molecule has 1 aromatic rings. The minimum Gasteiger partial charge on any atom is -0.505 e. The van der Waals surface area contributed by atoms with Gasteiger partial charge in [0.1, 0.15) is 0 Å². The Bertz CT molecular complexity index is 495. The zero-order valence-corrected chi connectivity index (χ0v) is 11.4. The van der Waals surface area contributed by atoms with E-state index in [4.69, 9.17) is 9.47 Å². The van der Waals surface area contributed by atoms with Gasteiger partial charge in [-0.25, -0.2) is 4.79 Å². The fourth-order valence-corrected chi connectivity index (χ4v) is 1.33. The first kappa shape index (κ1) is 15.8.